The Morgan fingerprint density at radius 3 is 2.46 bits per heavy atom. The van der Waals surface area contributed by atoms with Crippen molar-refractivity contribution in [3.05, 3.63) is 41.4 Å². The van der Waals surface area contributed by atoms with Gasteiger partial charge in [-0.1, -0.05) is 49.7 Å². The summed E-state index contributed by atoms with van der Waals surface area (Å²) < 4.78 is 5.23. The first-order valence-corrected chi connectivity index (χ1v) is 9.25. The number of fused-ring (bicyclic) bond motifs is 1. The number of benzene rings is 2. The highest BCUT2D eigenvalue weighted by Gasteiger charge is 2.27. The second kappa shape index (κ2) is 8.91. The highest BCUT2D eigenvalue weighted by atomic mass is 35.5. The number of ether oxygens (including phenoxy) is 1. The van der Waals surface area contributed by atoms with Crippen LogP contribution in [0.1, 0.15) is 13.8 Å². The fourth-order valence-corrected chi connectivity index (χ4v) is 3.61. The van der Waals surface area contributed by atoms with Crippen LogP contribution >= 0.6 is 23.4 Å². The maximum absolute atomic E-state index is 12.2. The first kappa shape index (κ1) is 20.1. The van der Waals surface area contributed by atoms with E-state index in [4.69, 9.17) is 22.1 Å². The number of esters is 1. The van der Waals surface area contributed by atoms with Crippen LogP contribution in [0.15, 0.2) is 41.3 Å². The minimum Gasteiger partial charge on any atom is -0.451 e. The molecular formula is C18H19ClN2O4S. The number of carbonyl (C=O) groups is 3. The van der Waals surface area contributed by atoms with Gasteiger partial charge in [0, 0.05) is 15.3 Å². The average molecular weight is 395 g/mol. The lowest BCUT2D eigenvalue weighted by Crippen LogP contribution is -2.45. The molecule has 0 spiro atoms. The number of rotatable bonds is 6. The highest BCUT2D eigenvalue weighted by molar-refractivity contribution is 8.00. The fourth-order valence-electron chi connectivity index (χ4n) is 2.38. The third-order valence-corrected chi connectivity index (χ3v) is 4.88. The molecular weight excluding hydrogens is 376 g/mol. The van der Waals surface area contributed by atoms with Crippen LogP contribution in [0.2, 0.25) is 5.02 Å². The molecule has 0 saturated carbocycles. The van der Waals surface area contributed by atoms with Crippen molar-refractivity contribution in [1.29, 1.82) is 0 Å². The summed E-state index contributed by atoms with van der Waals surface area (Å²) >= 11 is 7.54. The number of primary amides is 1. The van der Waals surface area contributed by atoms with Gasteiger partial charge in [-0.2, -0.15) is 0 Å². The van der Waals surface area contributed by atoms with Crippen molar-refractivity contribution in [2.45, 2.75) is 24.8 Å². The van der Waals surface area contributed by atoms with Gasteiger partial charge >= 0.3 is 12.0 Å². The van der Waals surface area contributed by atoms with Crippen molar-refractivity contribution in [2.24, 2.45) is 11.7 Å². The molecule has 0 heterocycles. The normalized spacial score (nSPS) is 12.0. The zero-order chi connectivity index (χ0) is 19.3. The van der Waals surface area contributed by atoms with Gasteiger partial charge in [-0.05, 0) is 23.4 Å². The molecule has 2 aromatic rings. The maximum Gasteiger partial charge on any atom is 0.318 e. The van der Waals surface area contributed by atoms with E-state index in [1.165, 1.54) is 11.8 Å². The number of amides is 3. The summed E-state index contributed by atoms with van der Waals surface area (Å²) in [7, 11) is 0. The average Bonchev–Trinajstić information content (AvgIpc) is 2.57. The Morgan fingerprint density at radius 1 is 1.19 bits per heavy atom. The molecule has 2 rings (SSSR count). The molecule has 0 saturated heterocycles. The van der Waals surface area contributed by atoms with Crippen molar-refractivity contribution in [3.63, 3.8) is 0 Å². The number of halogens is 1. The predicted octanol–water partition coefficient (Wildman–Crippen LogP) is 3.35. The van der Waals surface area contributed by atoms with Crippen molar-refractivity contribution in [2.75, 3.05) is 5.75 Å². The molecule has 0 fully saturated rings. The monoisotopic (exact) mass is 394 g/mol. The topological polar surface area (TPSA) is 98.5 Å². The fraction of sp³-hybridized carbons (Fsp3) is 0.278. The number of imide groups is 1. The molecule has 26 heavy (non-hydrogen) atoms. The molecule has 0 aliphatic rings. The Balaban J connectivity index is 2.06. The Hall–Kier alpha value is -2.25. The van der Waals surface area contributed by atoms with Crippen LogP contribution in [0.5, 0.6) is 0 Å². The van der Waals surface area contributed by atoms with Crippen molar-refractivity contribution >= 4 is 52.0 Å². The van der Waals surface area contributed by atoms with Crippen LogP contribution in [-0.4, -0.2) is 29.8 Å². The summed E-state index contributed by atoms with van der Waals surface area (Å²) in [5.74, 6) is -1.62. The summed E-state index contributed by atoms with van der Waals surface area (Å²) in [6.07, 6.45) is -1.09. The lowest BCUT2D eigenvalue weighted by Gasteiger charge is -2.19. The Bertz CT molecular complexity index is 836. The molecule has 3 amide bonds. The van der Waals surface area contributed by atoms with Gasteiger partial charge in [0.2, 0.25) is 0 Å². The van der Waals surface area contributed by atoms with E-state index in [-0.39, 0.29) is 11.7 Å². The minimum absolute atomic E-state index is 0.00257. The van der Waals surface area contributed by atoms with Gasteiger partial charge in [-0.3, -0.25) is 14.9 Å². The highest BCUT2D eigenvalue weighted by Crippen LogP contribution is 2.33. The first-order valence-electron chi connectivity index (χ1n) is 7.89. The van der Waals surface area contributed by atoms with Crippen LogP contribution < -0.4 is 11.1 Å². The quantitative estimate of drug-likeness (QED) is 0.578. The summed E-state index contributed by atoms with van der Waals surface area (Å²) in [5, 5.41) is 4.36. The van der Waals surface area contributed by atoms with Gasteiger partial charge in [0.25, 0.3) is 5.91 Å². The molecule has 0 aromatic heterocycles. The summed E-state index contributed by atoms with van der Waals surface area (Å²) in [6, 6.07) is 10.3. The standard InChI is InChI=1S/C18H19ClN2O4S/c1-10(2)16(17(23)21-18(20)24)25-14(22)9-26-13-8-4-6-11-5-3-7-12(19)15(11)13/h3-8,10,16H,9H2,1-2H3,(H3,20,21,23,24)/t16-/m1/s1. The van der Waals surface area contributed by atoms with Gasteiger partial charge in [-0.15, -0.1) is 11.8 Å². The third-order valence-electron chi connectivity index (χ3n) is 3.53. The number of nitrogens with two attached hydrogens (primary N) is 1. The molecule has 3 N–H and O–H groups in total. The Morgan fingerprint density at radius 2 is 1.85 bits per heavy atom. The number of carbonyl (C=O) groups excluding carboxylic acids is 3. The first-order chi connectivity index (χ1) is 12.3. The molecule has 2 aromatic carbocycles. The Labute approximate surface area is 160 Å². The molecule has 0 aliphatic carbocycles. The summed E-state index contributed by atoms with van der Waals surface area (Å²) in [5.41, 5.74) is 4.94. The molecule has 0 radical (unpaired) electrons. The zero-order valence-corrected chi connectivity index (χ0v) is 15.9. The van der Waals surface area contributed by atoms with E-state index < -0.39 is 24.0 Å². The van der Waals surface area contributed by atoms with Gasteiger partial charge in [0.15, 0.2) is 6.10 Å². The van der Waals surface area contributed by atoms with E-state index in [0.29, 0.717) is 5.02 Å². The molecule has 0 bridgehead atoms. The van der Waals surface area contributed by atoms with Crippen LogP contribution in [0, 0.1) is 5.92 Å². The second-order valence-corrected chi connectivity index (χ2v) is 7.32. The molecule has 6 nitrogen and oxygen atoms in total. The lowest BCUT2D eigenvalue weighted by atomic mass is 10.1. The van der Waals surface area contributed by atoms with E-state index in [1.807, 2.05) is 35.6 Å². The number of thioether (sulfide) groups is 1. The molecule has 1 atom stereocenters. The smallest absolute Gasteiger partial charge is 0.318 e. The molecule has 8 heteroatoms. The van der Waals surface area contributed by atoms with E-state index in [0.717, 1.165) is 15.7 Å². The maximum atomic E-state index is 12.2. The number of urea groups is 1. The minimum atomic E-state index is -1.09. The molecule has 0 aliphatic heterocycles. The summed E-state index contributed by atoms with van der Waals surface area (Å²) in [4.78, 5) is 35.7. The zero-order valence-electron chi connectivity index (χ0n) is 14.3. The number of hydrogen-bond donors (Lipinski definition) is 2. The van der Waals surface area contributed by atoms with Crippen LogP contribution in [0.25, 0.3) is 10.8 Å². The van der Waals surface area contributed by atoms with Crippen LogP contribution in [0.4, 0.5) is 4.79 Å². The van der Waals surface area contributed by atoms with Crippen molar-refractivity contribution in [3.8, 4) is 0 Å². The van der Waals surface area contributed by atoms with Gasteiger partial charge in [0.1, 0.15) is 0 Å². The third kappa shape index (κ3) is 5.12. The summed E-state index contributed by atoms with van der Waals surface area (Å²) in [6.45, 7) is 3.41. The van der Waals surface area contributed by atoms with Crippen LogP contribution in [0.3, 0.4) is 0 Å². The van der Waals surface area contributed by atoms with Gasteiger partial charge in [-0.25, -0.2) is 4.79 Å². The molecule has 0 unspecified atom stereocenters. The van der Waals surface area contributed by atoms with Crippen LogP contribution in [-0.2, 0) is 14.3 Å². The second-order valence-electron chi connectivity index (χ2n) is 5.89. The Kier molecular flexibility index (Phi) is 6.88. The van der Waals surface area contributed by atoms with Crippen molar-refractivity contribution < 1.29 is 19.1 Å². The van der Waals surface area contributed by atoms with Gasteiger partial charge < -0.3 is 10.5 Å². The van der Waals surface area contributed by atoms with Crippen molar-refractivity contribution in [1.82, 2.24) is 5.32 Å². The van der Waals surface area contributed by atoms with E-state index >= 15 is 0 Å². The largest absolute Gasteiger partial charge is 0.451 e. The lowest BCUT2D eigenvalue weighted by molar-refractivity contribution is -0.155. The van der Waals surface area contributed by atoms with Gasteiger partial charge in [0.05, 0.1) is 5.75 Å². The van der Waals surface area contributed by atoms with E-state index in [9.17, 15) is 14.4 Å². The number of nitrogens with one attached hydrogen (secondary N) is 1. The number of hydrogen-bond acceptors (Lipinski definition) is 5. The molecule has 138 valence electrons. The van der Waals surface area contributed by atoms with E-state index in [1.54, 1.807) is 19.9 Å². The predicted molar refractivity (Wildman–Crippen MR) is 102 cm³/mol. The SMILES string of the molecule is CC(C)[C@@H](OC(=O)CSc1cccc2cccc(Cl)c12)C(=O)NC(N)=O. The van der Waals surface area contributed by atoms with E-state index in [2.05, 4.69) is 0 Å².